The summed E-state index contributed by atoms with van der Waals surface area (Å²) in [6, 6.07) is 13.0. The highest BCUT2D eigenvalue weighted by Crippen LogP contribution is 2.32. The van der Waals surface area contributed by atoms with E-state index in [9.17, 15) is 23.1 Å². The molecule has 1 heterocycles. The highest BCUT2D eigenvalue weighted by Gasteiger charge is 2.26. The molecule has 0 atom stereocenters. The third kappa shape index (κ3) is 3.88. The Morgan fingerprint density at radius 2 is 1.73 bits per heavy atom. The molecule has 0 bridgehead atoms. The van der Waals surface area contributed by atoms with Gasteiger partial charge >= 0.3 is 5.97 Å². The zero-order chi connectivity index (χ0) is 21.3. The number of carboxylic acids is 1. The van der Waals surface area contributed by atoms with Crippen molar-refractivity contribution in [1.82, 2.24) is 9.71 Å². The fourth-order valence-corrected chi connectivity index (χ4v) is 5.38. The van der Waals surface area contributed by atoms with E-state index >= 15 is 0 Å². The molecule has 0 aliphatic heterocycles. The predicted molar refractivity (Wildman–Crippen MR) is 113 cm³/mol. The van der Waals surface area contributed by atoms with Crippen molar-refractivity contribution in [3.63, 3.8) is 0 Å². The maximum Gasteiger partial charge on any atom is 0.377 e. The lowest BCUT2D eigenvalue weighted by molar-refractivity contribution is -0.131. The van der Waals surface area contributed by atoms with Gasteiger partial charge in [0.2, 0.25) is 10.0 Å². The lowest BCUT2D eigenvalue weighted by Crippen LogP contribution is -2.36. The van der Waals surface area contributed by atoms with Crippen LogP contribution in [0.5, 0.6) is 0 Å². The number of H-pyrrole nitrogens is 1. The smallest absolute Gasteiger partial charge is 0.377 e. The predicted octanol–water partition coefficient (Wildman–Crippen LogP) is 3.71. The van der Waals surface area contributed by atoms with Crippen LogP contribution in [0, 0.1) is 0 Å². The molecule has 30 heavy (non-hydrogen) atoms. The van der Waals surface area contributed by atoms with E-state index in [0.29, 0.717) is 22.2 Å². The van der Waals surface area contributed by atoms with Crippen LogP contribution >= 0.6 is 0 Å². The first-order valence-electron chi connectivity index (χ1n) is 9.88. The number of fused-ring (bicyclic) bond motifs is 1. The van der Waals surface area contributed by atoms with Gasteiger partial charge in [-0.15, -0.1) is 0 Å². The van der Waals surface area contributed by atoms with E-state index < -0.39 is 21.8 Å². The Morgan fingerprint density at radius 1 is 1.00 bits per heavy atom. The van der Waals surface area contributed by atoms with Gasteiger partial charge in [-0.05, 0) is 31.0 Å². The Hall–Kier alpha value is -2.97. The Balaban J connectivity index is 1.77. The molecule has 0 radical (unpaired) electrons. The second-order valence-electron chi connectivity index (χ2n) is 7.54. The number of hydrogen-bond acceptors (Lipinski definition) is 4. The summed E-state index contributed by atoms with van der Waals surface area (Å²) in [7, 11) is -3.74. The van der Waals surface area contributed by atoms with Crippen LogP contribution in [0.15, 0.2) is 53.4 Å². The molecule has 8 heteroatoms. The third-order valence-corrected chi connectivity index (χ3v) is 7.01. The molecule has 1 aliphatic rings. The maximum absolute atomic E-state index is 12.9. The highest BCUT2D eigenvalue weighted by atomic mass is 32.2. The van der Waals surface area contributed by atoms with Gasteiger partial charge in [-0.3, -0.25) is 4.79 Å². The zero-order valence-electron chi connectivity index (χ0n) is 16.2. The maximum atomic E-state index is 12.9. The van der Waals surface area contributed by atoms with Gasteiger partial charge in [0.25, 0.3) is 5.78 Å². The van der Waals surface area contributed by atoms with Gasteiger partial charge in [-0.2, -0.15) is 0 Å². The van der Waals surface area contributed by atoms with Crippen molar-refractivity contribution in [3.8, 4) is 11.3 Å². The molecular formula is C22H22N2O5S. The highest BCUT2D eigenvalue weighted by molar-refractivity contribution is 7.89. The van der Waals surface area contributed by atoms with Crippen molar-refractivity contribution in [1.29, 1.82) is 0 Å². The van der Waals surface area contributed by atoms with E-state index in [0.717, 1.165) is 32.1 Å². The Kier molecular flexibility index (Phi) is 5.44. The molecule has 1 fully saturated rings. The van der Waals surface area contributed by atoms with Crippen molar-refractivity contribution in [2.45, 2.75) is 43.0 Å². The summed E-state index contributed by atoms with van der Waals surface area (Å²) in [5.41, 5.74) is 1.35. The van der Waals surface area contributed by atoms with Crippen LogP contribution in [0.1, 0.15) is 42.5 Å². The SMILES string of the molecule is O=C(O)C(=O)c1c(-c2cccc(S(=O)(=O)NC3CCCCC3)c2)[nH]c2ccccc12. The van der Waals surface area contributed by atoms with Crippen LogP contribution in [0.25, 0.3) is 22.2 Å². The van der Waals surface area contributed by atoms with Crippen LogP contribution < -0.4 is 4.72 Å². The average Bonchev–Trinajstić information content (AvgIpc) is 3.13. The molecular weight excluding hydrogens is 404 g/mol. The monoisotopic (exact) mass is 426 g/mol. The first kappa shape index (κ1) is 20.3. The second kappa shape index (κ2) is 8.04. The molecule has 0 saturated heterocycles. The number of Topliss-reactive ketones (excluding diaryl/α,β-unsaturated/α-hetero) is 1. The molecule has 3 aromatic rings. The molecule has 0 unspecified atom stereocenters. The van der Waals surface area contributed by atoms with E-state index in [1.807, 2.05) is 0 Å². The van der Waals surface area contributed by atoms with Gasteiger partial charge in [0.15, 0.2) is 0 Å². The fourth-order valence-electron chi connectivity index (χ4n) is 4.03. The summed E-state index contributed by atoms with van der Waals surface area (Å²) in [4.78, 5) is 27.0. The Bertz CT molecular complexity index is 1220. The first-order chi connectivity index (χ1) is 14.4. The van der Waals surface area contributed by atoms with E-state index in [1.54, 1.807) is 36.4 Å². The minimum absolute atomic E-state index is 0.0212. The molecule has 1 saturated carbocycles. The van der Waals surface area contributed by atoms with Gasteiger partial charge in [-0.1, -0.05) is 49.6 Å². The minimum atomic E-state index is -3.74. The van der Waals surface area contributed by atoms with Crippen molar-refractivity contribution in [2.24, 2.45) is 0 Å². The Morgan fingerprint density at radius 3 is 2.47 bits per heavy atom. The first-order valence-corrected chi connectivity index (χ1v) is 11.4. The number of aromatic nitrogens is 1. The number of hydrogen-bond donors (Lipinski definition) is 3. The molecule has 1 aromatic heterocycles. The van der Waals surface area contributed by atoms with Crippen molar-refractivity contribution in [3.05, 3.63) is 54.1 Å². The van der Waals surface area contributed by atoms with Crippen molar-refractivity contribution >= 4 is 32.7 Å². The molecule has 3 N–H and O–H groups in total. The Labute approximate surface area is 174 Å². The summed E-state index contributed by atoms with van der Waals surface area (Å²) in [6.45, 7) is 0. The zero-order valence-corrected chi connectivity index (χ0v) is 17.0. The number of carbonyl (C=O) groups is 2. The van der Waals surface area contributed by atoms with E-state index in [4.69, 9.17) is 0 Å². The molecule has 0 amide bonds. The quantitative estimate of drug-likeness (QED) is 0.410. The summed E-state index contributed by atoms with van der Waals surface area (Å²) in [5.74, 6) is -2.61. The lowest BCUT2D eigenvalue weighted by Gasteiger charge is -2.22. The lowest BCUT2D eigenvalue weighted by atomic mass is 9.96. The number of benzene rings is 2. The van der Waals surface area contributed by atoms with Crippen LogP contribution in [0.3, 0.4) is 0 Å². The van der Waals surface area contributed by atoms with Crippen molar-refractivity contribution in [2.75, 3.05) is 0 Å². The van der Waals surface area contributed by atoms with Crippen molar-refractivity contribution < 1.29 is 23.1 Å². The van der Waals surface area contributed by atoms with E-state index in [1.165, 1.54) is 12.1 Å². The molecule has 156 valence electrons. The molecule has 0 spiro atoms. The number of sulfonamides is 1. The topological polar surface area (TPSA) is 116 Å². The second-order valence-corrected chi connectivity index (χ2v) is 9.25. The standard InChI is InChI=1S/C22H22N2O5S/c25-21(22(26)27)19-17-11-4-5-12-18(17)23-20(19)14-7-6-10-16(13-14)30(28,29)24-15-8-2-1-3-9-15/h4-7,10-13,15,23-24H,1-3,8-9H2,(H,26,27). The number of ketones is 1. The number of nitrogens with one attached hydrogen (secondary N) is 2. The summed E-state index contributed by atoms with van der Waals surface area (Å²) in [6.07, 6.45) is 4.76. The summed E-state index contributed by atoms with van der Waals surface area (Å²) < 4.78 is 28.6. The largest absolute Gasteiger partial charge is 0.475 e. The van der Waals surface area contributed by atoms with E-state index in [2.05, 4.69) is 9.71 Å². The van der Waals surface area contributed by atoms with Gasteiger partial charge in [-0.25, -0.2) is 17.9 Å². The van der Waals surface area contributed by atoms with E-state index in [-0.39, 0.29) is 16.5 Å². The molecule has 4 rings (SSSR count). The fraction of sp³-hybridized carbons (Fsp3) is 0.273. The van der Waals surface area contributed by atoms with Crippen LogP contribution in [0.2, 0.25) is 0 Å². The number of rotatable bonds is 6. The molecule has 7 nitrogen and oxygen atoms in total. The summed E-state index contributed by atoms with van der Waals surface area (Å²) >= 11 is 0. The third-order valence-electron chi connectivity index (χ3n) is 5.49. The number of aliphatic carboxylic acids is 1. The van der Waals surface area contributed by atoms with Crippen LogP contribution in [-0.2, 0) is 14.8 Å². The number of para-hydroxylation sites is 1. The summed E-state index contributed by atoms with van der Waals surface area (Å²) in [5, 5.41) is 9.76. The van der Waals surface area contributed by atoms with Gasteiger partial charge in [0, 0.05) is 22.5 Å². The van der Waals surface area contributed by atoms with Gasteiger partial charge in [0.05, 0.1) is 16.2 Å². The van der Waals surface area contributed by atoms with Gasteiger partial charge in [0.1, 0.15) is 0 Å². The van der Waals surface area contributed by atoms with Crippen LogP contribution in [0.4, 0.5) is 0 Å². The number of carbonyl (C=O) groups excluding carboxylic acids is 1. The van der Waals surface area contributed by atoms with Crippen LogP contribution in [-0.4, -0.2) is 36.3 Å². The normalized spacial score (nSPS) is 15.3. The molecule has 2 aromatic carbocycles. The minimum Gasteiger partial charge on any atom is -0.475 e. The average molecular weight is 426 g/mol. The van der Waals surface area contributed by atoms with Gasteiger partial charge < -0.3 is 10.1 Å². The number of carboxylic acid groups (broad SMARTS) is 1. The number of aromatic amines is 1. The molecule has 1 aliphatic carbocycles.